The number of pyridine rings is 1. The van der Waals surface area contributed by atoms with E-state index in [9.17, 15) is 19.8 Å². The first-order valence-electron chi connectivity index (χ1n) is 11.7. The van der Waals surface area contributed by atoms with E-state index in [0.717, 1.165) is 12.1 Å². The molecule has 0 aromatic carbocycles. The molecule has 0 radical (unpaired) electrons. The number of hydrogen-bond donors (Lipinski definition) is 6. The molecule has 12 nitrogen and oxygen atoms in total. The number of H-pyrrole nitrogens is 2. The molecule has 1 fully saturated rings. The number of hydrogen-bond acceptors (Lipinski definition) is 9. The van der Waals surface area contributed by atoms with E-state index < -0.39 is 18.2 Å². The van der Waals surface area contributed by atoms with Crippen LogP contribution in [0, 0.1) is 0 Å². The van der Waals surface area contributed by atoms with Gasteiger partial charge in [-0.3, -0.25) is 14.7 Å². The number of nitrogens with one attached hydrogen (secondary N) is 4. The van der Waals surface area contributed by atoms with Crippen LogP contribution in [-0.2, 0) is 4.79 Å². The second-order valence-electron chi connectivity index (χ2n) is 9.21. The molecule has 0 saturated carbocycles. The largest absolute Gasteiger partial charge is 0.388 e. The lowest BCUT2D eigenvalue weighted by Crippen LogP contribution is -2.41. The number of nitrogens with zero attached hydrogens (tertiary/aromatic N) is 4. The maximum Gasteiger partial charge on any atom is 0.248 e. The van der Waals surface area contributed by atoms with E-state index in [2.05, 4.69) is 35.8 Å². The number of carbonyl (C=O) groups is 1. The van der Waals surface area contributed by atoms with Gasteiger partial charge in [0.05, 0.1) is 23.6 Å². The van der Waals surface area contributed by atoms with Gasteiger partial charge in [-0.05, 0) is 24.8 Å². The van der Waals surface area contributed by atoms with Crippen molar-refractivity contribution in [2.24, 2.45) is 0 Å². The smallest absolute Gasteiger partial charge is 0.248 e. The van der Waals surface area contributed by atoms with Crippen molar-refractivity contribution in [3.05, 3.63) is 51.7 Å². The van der Waals surface area contributed by atoms with E-state index in [4.69, 9.17) is 0 Å². The Morgan fingerprint density at radius 3 is 2.77 bits per heavy atom. The standard InChI is InChI=1S/C23H28N8O4/c1-11(2)13-8-17(30-29-13)26-21-19-15(32)9-16(33)20(19)27-23(28-21)31-7-3-4-14(31)22(35)25-12-5-6-18(34)24-10-12/h5-6,8,10-11,14-16,32-33H,3-4,7,9H2,1-2H3,(H,24,34)(H,25,35)(H2,26,27,28,29,30)/t14-,15-,16-/m1/s1. The van der Waals surface area contributed by atoms with Crippen LogP contribution in [0.5, 0.6) is 0 Å². The lowest BCUT2D eigenvalue weighted by atomic mass is 10.1. The zero-order chi connectivity index (χ0) is 24.7. The Balaban J connectivity index is 1.46. The molecule has 2 aliphatic rings. The molecule has 35 heavy (non-hydrogen) atoms. The van der Waals surface area contributed by atoms with E-state index in [0.29, 0.717) is 41.5 Å². The summed E-state index contributed by atoms with van der Waals surface area (Å²) in [5, 5.41) is 34.4. The quantitative estimate of drug-likeness (QED) is 0.308. The van der Waals surface area contributed by atoms with Gasteiger partial charge in [0.25, 0.3) is 0 Å². The molecular weight excluding hydrogens is 452 g/mol. The summed E-state index contributed by atoms with van der Waals surface area (Å²) in [6, 6.07) is 4.22. The Bertz CT molecular complexity index is 1280. The highest BCUT2D eigenvalue weighted by Crippen LogP contribution is 2.43. The first-order valence-corrected chi connectivity index (χ1v) is 11.7. The maximum atomic E-state index is 13.1. The highest BCUT2D eigenvalue weighted by molar-refractivity contribution is 5.96. The van der Waals surface area contributed by atoms with Crippen molar-refractivity contribution >= 4 is 29.2 Å². The summed E-state index contributed by atoms with van der Waals surface area (Å²) >= 11 is 0. The lowest BCUT2D eigenvalue weighted by molar-refractivity contribution is -0.117. The number of aromatic nitrogens is 5. The fourth-order valence-electron chi connectivity index (χ4n) is 4.53. The van der Waals surface area contributed by atoms with E-state index in [1.807, 2.05) is 19.9 Å². The van der Waals surface area contributed by atoms with Gasteiger partial charge in [0.2, 0.25) is 17.4 Å². The number of fused-ring (bicyclic) bond motifs is 1. The van der Waals surface area contributed by atoms with Gasteiger partial charge in [-0.25, -0.2) is 4.98 Å². The van der Waals surface area contributed by atoms with E-state index in [-0.39, 0.29) is 29.8 Å². The molecule has 1 aliphatic heterocycles. The summed E-state index contributed by atoms with van der Waals surface area (Å²) in [6.07, 6.45) is 1.06. The average molecular weight is 481 g/mol. The normalized spacial score (nSPS) is 21.4. The predicted octanol–water partition coefficient (Wildman–Crippen LogP) is 1.83. The number of amides is 1. The second kappa shape index (κ2) is 9.12. The summed E-state index contributed by atoms with van der Waals surface area (Å²) in [6.45, 7) is 4.65. The van der Waals surface area contributed by atoms with E-state index in [1.165, 1.54) is 18.3 Å². The third-order valence-electron chi connectivity index (χ3n) is 6.39. The Morgan fingerprint density at radius 1 is 1.23 bits per heavy atom. The molecule has 3 aromatic heterocycles. The molecule has 184 valence electrons. The van der Waals surface area contributed by atoms with Crippen LogP contribution in [0.15, 0.2) is 29.2 Å². The number of rotatable bonds is 6. The molecule has 1 amide bonds. The van der Waals surface area contributed by atoms with Crippen LogP contribution in [0.2, 0.25) is 0 Å². The Hall–Kier alpha value is -3.77. The van der Waals surface area contributed by atoms with Crippen molar-refractivity contribution in [2.45, 2.75) is 57.3 Å². The van der Waals surface area contributed by atoms with Crippen molar-refractivity contribution in [3.63, 3.8) is 0 Å². The van der Waals surface area contributed by atoms with Gasteiger partial charge < -0.3 is 30.7 Å². The van der Waals surface area contributed by atoms with Crippen LogP contribution >= 0.6 is 0 Å². The second-order valence-corrected chi connectivity index (χ2v) is 9.21. The molecule has 4 heterocycles. The van der Waals surface area contributed by atoms with E-state index in [1.54, 1.807) is 4.90 Å². The topological polar surface area (TPSA) is 172 Å². The van der Waals surface area contributed by atoms with E-state index >= 15 is 0 Å². The fourth-order valence-corrected chi connectivity index (χ4v) is 4.53. The lowest BCUT2D eigenvalue weighted by Gasteiger charge is -2.25. The Labute approximate surface area is 200 Å². The number of carbonyl (C=O) groups excluding carboxylic acids is 1. The molecule has 5 rings (SSSR count). The number of aliphatic hydroxyl groups is 2. The Kier molecular flexibility index (Phi) is 5.99. The maximum absolute atomic E-state index is 13.1. The van der Waals surface area contributed by atoms with Crippen LogP contribution < -0.4 is 21.1 Å². The third-order valence-corrected chi connectivity index (χ3v) is 6.39. The van der Waals surface area contributed by atoms with Gasteiger partial charge in [-0.1, -0.05) is 13.8 Å². The van der Waals surface area contributed by atoms with Crippen LogP contribution in [0.4, 0.5) is 23.3 Å². The molecule has 1 aliphatic carbocycles. The van der Waals surface area contributed by atoms with Crippen LogP contribution in [0.25, 0.3) is 0 Å². The van der Waals surface area contributed by atoms with Crippen molar-refractivity contribution in [3.8, 4) is 0 Å². The summed E-state index contributed by atoms with van der Waals surface area (Å²) < 4.78 is 0. The van der Waals surface area contributed by atoms with Gasteiger partial charge in [-0.15, -0.1) is 0 Å². The number of aromatic amines is 2. The zero-order valence-corrected chi connectivity index (χ0v) is 19.4. The van der Waals surface area contributed by atoms with Crippen LogP contribution in [0.3, 0.4) is 0 Å². The van der Waals surface area contributed by atoms with Gasteiger partial charge >= 0.3 is 0 Å². The predicted molar refractivity (Wildman–Crippen MR) is 129 cm³/mol. The monoisotopic (exact) mass is 480 g/mol. The highest BCUT2D eigenvalue weighted by Gasteiger charge is 2.38. The molecule has 3 atom stereocenters. The van der Waals surface area contributed by atoms with Crippen molar-refractivity contribution in [2.75, 3.05) is 22.1 Å². The fraction of sp³-hybridized carbons (Fsp3) is 0.435. The van der Waals surface area contributed by atoms with Gasteiger partial charge in [0.1, 0.15) is 11.9 Å². The van der Waals surface area contributed by atoms with Gasteiger partial charge in [0.15, 0.2) is 5.82 Å². The first-order chi connectivity index (χ1) is 16.8. The molecule has 0 bridgehead atoms. The summed E-state index contributed by atoms with van der Waals surface area (Å²) in [5.41, 5.74) is 1.95. The SMILES string of the molecule is CC(C)c1cc(Nc2nc(N3CCC[C@@H]3C(=O)Nc3ccc(=O)[nH]c3)nc3c2[C@H](O)C[C@H]3O)n[nH]1. The first kappa shape index (κ1) is 23.0. The highest BCUT2D eigenvalue weighted by atomic mass is 16.3. The summed E-state index contributed by atoms with van der Waals surface area (Å²) in [5.74, 6) is 1.18. The number of aliphatic hydroxyl groups excluding tert-OH is 2. The molecule has 0 spiro atoms. The van der Waals surface area contributed by atoms with Crippen molar-refractivity contribution in [1.82, 2.24) is 25.1 Å². The van der Waals surface area contributed by atoms with Crippen molar-refractivity contribution in [1.29, 1.82) is 0 Å². The minimum atomic E-state index is -0.941. The summed E-state index contributed by atoms with van der Waals surface area (Å²) in [4.78, 5) is 37.9. The van der Waals surface area contributed by atoms with Gasteiger partial charge in [0, 0.05) is 42.6 Å². The molecule has 3 aromatic rings. The summed E-state index contributed by atoms with van der Waals surface area (Å²) in [7, 11) is 0. The van der Waals surface area contributed by atoms with Crippen LogP contribution in [0.1, 0.15) is 68.2 Å². The molecule has 1 saturated heterocycles. The number of anilines is 4. The van der Waals surface area contributed by atoms with Gasteiger partial charge in [-0.2, -0.15) is 10.1 Å². The van der Waals surface area contributed by atoms with Crippen molar-refractivity contribution < 1.29 is 15.0 Å². The minimum absolute atomic E-state index is 0.121. The Morgan fingerprint density at radius 2 is 2.06 bits per heavy atom. The minimum Gasteiger partial charge on any atom is -0.388 e. The molecule has 0 unspecified atom stereocenters. The third kappa shape index (κ3) is 4.49. The molecule has 12 heteroatoms. The molecular formula is C23H28N8O4. The van der Waals surface area contributed by atoms with Crippen LogP contribution in [-0.4, -0.2) is 53.9 Å². The zero-order valence-electron chi connectivity index (χ0n) is 19.4. The molecule has 6 N–H and O–H groups in total. The average Bonchev–Trinajstić information content (AvgIpc) is 3.55.